The van der Waals surface area contributed by atoms with Crippen molar-refractivity contribution in [2.24, 2.45) is 0 Å². The lowest BCUT2D eigenvalue weighted by atomic mass is 10.4. The number of aromatic nitrogens is 3. The van der Waals surface area contributed by atoms with E-state index in [-0.39, 0.29) is 16.3 Å². The van der Waals surface area contributed by atoms with E-state index in [0.29, 0.717) is 5.69 Å². The van der Waals surface area contributed by atoms with Gasteiger partial charge in [-0.05, 0) is 19.1 Å². The molecule has 0 radical (unpaired) electrons. The monoisotopic (exact) mass is 329 g/mol. The molecule has 20 heavy (non-hydrogen) atoms. The SMILES string of the molecule is CNc1nnc(S[C@H](C)C(=O)Nc2cccnc2Cl)s1. The highest BCUT2D eigenvalue weighted by Crippen LogP contribution is 2.29. The number of hydrogen-bond donors (Lipinski definition) is 2. The van der Waals surface area contributed by atoms with Crippen LogP contribution in [0.2, 0.25) is 5.15 Å². The second kappa shape index (κ2) is 6.87. The van der Waals surface area contributed by atoms with Crippen molar-refractivity contribution in [3.8, 4) is 0 Å². The predicted molar refractivity (Wildman–Crippen MR) is 82.7 cm³/mol. The molecule has 0 saturated heterocycles. The van der Waals surface area contributed by atoms with E-state index in [2.05, 4.69) is 25.8 Å². The number of thioether (sulfide) groups is 1. The molecule has 0 aliphatic carbocycles. The average Bonchev–Trinajstić information content (AvgIpc) is 2.89. The molecule has 6 nitrogen and oxygen atoms in total. The van der Waals surface area contributed by atoms with Crippen LogP contribution in [0.15, 0.2) is 22.7 Å². The zero-order valence-electron chi connectivity index (χ0n) is 10.8. The quantitative estimate of drug-likeness (QED) is 0.648. The van der Waals surface area contributed by atoms with Crippen molar-refractivity contribution in [1.82, 2.24) is 15.2 Å². The molecule has 2 N–H and O–H groups in total. The number of amides is 1. The van der Waals surface area contributed by atoms with Crippen molar-refractivity contribution in [3.63, 3.8) is 0 Å². The number of nitrogens with zero attached hydrogens (tertiary/aromatic N) is 3. The van der Waals surface area contributed by atoms with Crippen LogP contribution in [-0.4, -0.2) is 33.4 Å². The Kier molecular flexibility index (Phi) is 5.16. The maximum atomic E-state index is 12.1. The lowest BCUT2D eigenvalue weighted by Crippen LogP contribution is -2.22. The van der Waals surface area contributed by atoms with Crippen LogP contribution < -0.4 is 10.6 Å². The van der Waals surface area contributed by atoms with E-state index < -0.39 is 0 Å². The van der Waals surface area contributed by atoms with E-state index in [1.165, 1.54) is 23.1 Å². The van der Waals surface area contributed by atoms with Crippen molar-refractivity contribution in [2.75, 3.05) is 17.7 Å². The zero-order valence-corrected chi connectivity index (χ0v) is 13.1. The first-order chi connectivity index (χ1) is 9.60. The fourth-order valence-corrected chi connectivity index (χ4v) is 3.29. The summed E-state index contributed by atoms with van der Waals surface area (Å²) in [4.78, 5) is 16.0. The summed E-state index contributed by atoms with van der Waals surface area (Å²) in [6, 6.07) is 3.41. The summed E-state index contributed by atoms with van der Waals surface area (Å²) in [7, 11) is 1.77. The highest BCUT2D eigenvalue weighted by molar-refractivity contribution is 8.02. The molecule has 2 heterocycles. The Morgan fingerprint density at radius 2 is 2.30 bits per heavy atom. The second-order valence-electron chi connectivity index (χ2n) is 3.71. The fraction of sp³-hybridized carbons (Fsp3) is 0.273. The van der Waals surface area contributed by atoms with Crippen LogP contribution in [0.4, 0.5) is 10.8 Å². The van der Waals surface area contributed by atoms with Gasteiger partial charge in [0.2, 0.25) is 11.0 Å². The Morgan fingerprint density at radius 3 is 2.95 bits per heavy atom. The summed E-state index contributed by atoms with van der Waals surface area (Å²) in [6.07, 6.45) is 1.57. The highest BCUT2D eigenvalue weighted by Gasteiger charge is 2.18. The first-order valence-electron chi connectivity index (χ1n) is 5.69. The van der Waals surface area contributed by atoms with E-state index in [1.807, 2.05) is 0 Å². The molecule has 0 aliphatic rings. The summed E-state index contributed by atoms with van der Waals surface area (Å²) in [5.74, 6) is -0.161. The second-order valence-corrected chi connectivity index (χ2v) is 6.64. The van der Waals surface area contributed by atoms with Crippen LogP contribution in [0.5, 0.6) is 0 Å². The molecule has 0 unspecified atom stereocenters. The van der Waals surface area contributed by atoms with Gasteiger partial charge in [0.05, 0.1) is 10.9 Å². The predicted octanol–water partition coefficient (Wildman–Crippen LogP) is 2.75. The van der Waals surface area contributed by atoms with Gasteiger partial charge in [-0.3, -0.25) is 4.79 Å². The van der Waals surface area contributed by atoms with Crippen LogP contribution in [0.25, 0.3) is 0 Å². The minimum absolute atomic E-state index is 0.161. The molecule has 2 aromatic rings. The third kappa shape index (κ3) is 3.81. The van der Waals surface area contributed by atoms with E-state index in [1.54, 1.807) is 32.3 Å². The van der Waals surface area contributed by atoms with E-state index in [4.69, 9.17) is 11.6 Å². The van der Waals surface area contributed by atoms with Gasteiger partial charge in [0.25, 0.3) is 0 Å². The van der Waals surface area contributed by atoms with E-state index >= 15 is 0 Å². The minimum atomic E-state index is -0.316. The number of carbonyl (C=O) groups excluding carboxylic acids is 1. The molecule has 0 aliphatic heterocycles. The molecule has 0 saturated carbocycles. The van der Waals surface area contributed by atoms with Crippen molar-refractivity contribution in [1.29, 1.82) is 0 Å². The van der Waals surface area contributed by atoms with Crippen LogP contribution in [-0.2, 0) is 4.79 Å². The van der Waals surface area contributed by atoms with Gasteiger partial charge in [0.15, 0.2) is 9.49 Å². The van der Waals surface area contributed by atoms with Gasteiger partial charge in [-0.15, -0.1) is 10.2 Å². The molecule has 106 valence electrons. The molecule has 9 heteroatoms. The molecule has 0 fully saturated rings. The van der Waals surface area contributed by atoms with Crippen molar-refractivity contribution in [2.45, 2.75) is 16.5 Å². The Morgan fingerprint density at radius 1 is 1.50 bits per heavy atom. The number of pyridine rings is 1. The fourth-order valence-electron chi connectivity index (χ4n) is 1.28. The third-order valence-electron chi connectivity index (χ3n) is 2.28. The van der Waals surface area contributed by atoms with Gasteiger partial charge >= 0.3 is 0 Å². The number of carbonyl (C=O) groups is 1. The normalized spacial score (nSPS) is 11.9. The van der Waals surface area contributed by atoms with Crippen LogP contribution in [0.1, 0.15) is 6.92 Å². The number of halogens is 1. The van der Waals surface area contributed by atoms with E-state index in [9.17, 15) is 4.79 Å². The van der Waals surface area contributed by atoms with Gasteiger partial charge < -0.3 is 10.6 Å². The van der Waals surface area contributed by atoms with Crippen LogP contribution in [0, 0.1) is 0 Å². The van der Waals surface area contributed by atoms with E-state index in [0.717, 1.165) is 9.47 Å². The first kappa shape index (κ1) is 15.0. The highest BCUT2D eigenvalue weighted by atomic mass is 35.5. The standard InChI is InChI=1S/C11H12ClN5OS2/c1-6(19-11-17-16-10(13-2)20-11)9(18)15-7-4-3-5-14-8(7)12/h3-6H,1-2H3,(H,13,16)(H,15,18)/t6-/m1/s1. The lowest BCUT2D eigenvalue weighted by molar-refractivity contribution is -0.115. The maximum absolute atomic E-state index is 12.1. The lowest BCUT2D eigenvalue weighted by Gasteiger charge is -2.10. The van der Waals surface area contributed by atoms with Crippen molar-refractivity contribution in [3.05, 3.63) is 23.5 Å². The van der Waals surface area contributed by atoms with Gasteiger partial charge in [0, 0.05) is 13.2 Å². The summed E-state index contributed by atoms with van der Waals surface area (Å²) in [6.45, 7) is 1.80. The smallest absolute Gasteiger partial charge is 0.237 e. The molecular formula is C11H12ClN5OS2. The summed E-state index contributed by atoms with van der Waals surface area (Å²) >= 11 is 8.64. The maximum Gasteiger partial charge on any atom is 0.237 e. The molecule has 0 aromatic carbocycles. The Balaban J connectivity index is 1.97. The van der Waals surface area contributed by atoms with Crippen molar-refractivity contribution < 1.29 is 4.79 Å². The number of anilines is 2. The zero-order chi connectivity index (χ0) is 14.5. The molecular weight excluding hydrogens is 318 g/mol. The number of rotatable bonds is 5. The summed E-state index contributed by atoms with van der Waals surface area (Å²) in [5.41, 5.74) is 0.500. The molecule has 0 bridgehead atoms. The Hall–Kier alpha value is -1.38. The van der Waals surface area contributed by atoms with Crippen LogP contribution in [0.3, 0.4) is 0 Å². The summed E-state index contributed by atoms with van der Waals surface area (Å²) < 4.78 is 0.731. The molecule has 1 atom stereocenters. The Labute approximate surface area is 129 Å². The average molecular weight is 330 g/mol. The number of hydrogen-bond acceptors (Lipinski definition) is 7. The van der Waals surface area contributed by atoms with Gasteiger partial charge in [-0.2, -0.15) is 0 Å². The minimum Gasteiger partial charge on any atom is -0.363 e. The van der Waals surface area contributed by atoms with Crippen molar-refractivity contribution >= 4 is 51.4 Å². The molecule has 2 aromatic heterocycles. The Bertz CT molecular complexity index is 606. The summed E-state index contributed by atoms with van der Waals surface area (Å²) in [5, 5.41) is 14.2. The first-order valence-corrected chi connectivity index (χ1v) is 7.77. The van der Waals surface area contributed by atoms with Gasteiger partial charge in [0.1, 0.15) is 0 Å². The molecule has 0 spiro atoms. The third-order valence-corrected chi connectivity index (χ3v) is 4.71. The number of nitrogens with one attached hydrogen (secondary N) is 2. The largest absolute Gasteiger partial charge is 0.363 e. The van der Waals surface area contributed by atoms with Gasteiger partial charge in [-0.25, -0.2) is 4.98 Å². The van der Waals surface area contributed by atoms with Gasteiger partial charge in [-0.1, -0.05) is 34.7 Å². The molecule has 1 amide bonds. The topological polar surface area (TPSA) is 79.8 Å². The molecule has 2 rings (SSSR count). The van der Waals surface area contributed by atoms with Crippen LogP contribution >= 0.6 is 34.7 Å².